The zero-order chi connectivity index (χ0) is 17.5. The predicted molar refractivity (Wildman–Crippen MR) is 94.4 cm³/mol. The zero-order valence-electron chi connectivity index (χ0n) is 14.1. The Balaban J connectivity index is 1.52. The molecule has 0 radical (unpaired) electrons. The van der Waals surface area contributed by atoms with E-state index in [-0.39, 0.29) is 5.97 Å². The van der Waals surface area contributed by atoms with Gasteiger partial charge in [0, 0.05) is 24.5 Å². The molecule has 2 aromatic carbocycles. The maximum Gasteiger partial charge on any atom is 0.305 e. The van der Waals surface area contributed by atoms with Crippen LogP contribution in [0, 0.1) is 0 Å². The van der Waals surface area contributed by atoms with Gasteiger partial charge < -0.3 is 14.0 Å². The number of nitrogens with zero attached hydrogens (tertiary/aromatic N) is 2. The van der Waals surface area contributed by atoms with Crippen molar-refractivity contribution < 1.29 is 14.3 Å². The lowest BCUT2D eigenvalue weighted by molar-refractivity contribution is -0.144. The lowest BCUT2D eigenvalue weighted by Gasteiger charge is -2.09. The average molecular weight is 336 g/mol. The van der Waals surface area contributed by atoms with Gasteiger partial charge in [0.05, 0.1) is 6.33 Å². The molecule has 0 aliphatic rings. The Morgan fingerprint density at radius 2 is 1.68 bits per heavy atom. The lowest BCUT2D eigenvalue weighted by Crippen LogP contribution is -2.02. The van der Waals surface area contributed by atoms with Crippen molar-refractivity contribution in [3.63, 3.8) is 0 Å². The summed E-state index contributed by atoms with van der Waals surface area (Å²) in [5.74, 6) is 0.622. The Morgan fingerprint density at radius 3 is 2.28 bits per heavy atom. The third kappa shape index (κ3) is 4.70. The number of hydrogen-bond acceptors (Lipinski definition) is 4. The number of ether oxygens (including phenoxy) is 2. The molecule has 0 amide bonds. The van der Waals surface area contributed by atoms with E-state index in [0.717, 1.165) is 22.6 Å². The molecule has 0 unspecified atom stereocenters. The fourth-order valence-electron chi connectivity index (χ4n) is 2.29. The summed E-state index contributed by atoms with van der Waals surface area (Å²) < 4.78 is 12.9. The summed E-state index contributed by atoms with van der Waals surface area (Å²) >= 11 is 0. The molecule has 25 heavy (non-hydrogen) atoms. The molecule has 0 aliphatic heterocycles. The van der Waals surface area contributed by atoms with Crippen molar-refractivity contribution in [2.75, 3.05) is 0 Å². The van der Waals surface area contributed by atoms with Crippen LogP contribution >= 0.6 is 0 Å². The maximum atomic E-state index is 11.2. The van der Waals surface area contributed by atoms with Crippen molar-refractivity contribution in [3.05, 3.63) is 78.4 Å². The van der Waals surface area contributed by atoms with E-state index in [4.69, 9.17) is 9.47 Å². The van der Waals surface area contributed by atoms with Gasteiger partial charge in [-0.15, -0.1) is 0 Å². The van der Waals surface area contributed by atoms with Crippen molar-refractivity contribution in [3.8, 4) is 11.4 Å². The quantitative estimate of drug-likeness (QED) is 0.614. The molecular formula is C20H20N2O3. The maximum absolute atomic E-state index is 11.2. The van der Waals surface area contributed by atoms with Crippen LogP contribution < -0.4 is 4.74 Å². The van der Waals surface area contributed by atoms with Crippen molar-refractivity contribution >= 4 is 5.97 Å². The van der Waals surface area contributed by atoms with E-state index in [9.17, 15) is 4.79 Å². The molecule has 1 aromatic heterocycles. The van der Waals surface area contributed by atoms with Gasteiger partial charge in [-0.2, -0.15) is 0 Å². The van der Waals surface area contributed by atoms with Crippen molar-refractivity contribution in [2.24, 2.45) is 0 Å². The van der Waals surface area contributed by atoms with Crippen LogP contribution in [0.25, 0.3) is 5.69 Å². The first-order chi connectivity index (χ1) is 12.2. The van der Waals surface area contributed by atoms with E-state index < -0.39 is 0 Å². The summed E-state index contributed by atoms with van der Waals surface area (Å²) in [7, 11) is 0. The summed E-state index contributed by atoms with van der Waals surface area (Å²) in [6.07, 6.45) is 5.80. The second-order valence-corrected chi connectivity index (χ2v) is 5.58. The number of aromatic nitrogens is 2. The number of carbonyl (C=O) groups is 1. The third-order valence-electron chi connectivity index (χ3n) is 3.76. The van der Waals surface area contributed by atoms with Crippen molar-refractivity contribution in [2.45, 2.75) is 26.6 Å². The van der Waals surface area contributed by atoms with E-state index in [0.29, 0.717) is 19.6 Å². The van der Waals surface area contributed by atoms with Gasteiger partial charge in [-0.1, -0.05) is 31.2 Å². The Kier molecular flexibility index (Phi) is 5.46. The van der Waals surface area contributed by atoms with Crippen LogP contribution in [0.1, 0.15) is 24.5 Å². The van der Waals surface area contributed by atoms with Gasteiger partial charge in [0.1, 0.15) is 19.0 Å². The fraction of sp³-hybridized carbons (Fsp3) is 0.200. The Hall–Kier alpha value is -3.08. The average Bonchev–Trinajstić information content (AvgIpc) is 3.20. The number of esters is 1. The highest BCUT2D eigenvalue weighted by Crippen LogP contribution is 2.17. The molecule has 0 spiro atoms. The molecular weight excluding hydrogens is 316 g/mol. The van der Waals surface area contributed by atoms with E-state index in [1.807, 2.05) is 59.3 Å². The van der Waals surface area contributed by atoms with E-state index >= 15 is 0 Å². The molecule has 0 atom stereocenters. The van der Waals surface area contributed by atoms with Crippen molar-refractivity contribution in [1.82, 2.24) is 9.55 Å². The number of imidazole rings is 1. The highest BCUT2D eigenvalue weighted by Gasteiger charge is 2.02. The molecule has 0 fully saturated rings. The first kappa shape index (κ1) is 16.8. The van der Waals surface area contributed by atoms with Crippen LogP contribution in [0.4, 0.5) is 0 Å². The van der Waals surface area contributed by atoms with E-state index in [1.54, 1.807) is 19.4 Å². The van der Waals surface area contributed by atoms with Gasteiger partial charge in [-0.05, 0) is 35.4 Å². The zero-order valence-corrected chi connectivity index (χ0v) is 14.1. The third-order valence-corrected chi connectivity index (χ3v) is 3.76. The molecule has 0 N–H and O–H groups in total. The van der Waals surface area contributed by atoms with Gasteiger partial charge in [-0.25, -0.2) is 4.98 Å². The fourth-order valence-corrected chi connectivity index (χ4v) is 2.29. The Bertz CT molecular complexity index is 794. The minimum absolute atomic E-state index is 0.188. The molecule has 0 bridgehead atoms. The predicted octanol–water partition coefficient (Wildman–Crippen LogP) is 3.90. The highest BCUT2D eigenvalue weighted by molar-refractivity contribution is 5.68. The van der Waals surface area contributed by atoms with Crippen LogP contribution in [0.15, 0.2) is 67.3 Å². The molecule has 0 aliphatic carbocycles. The second-order valence-electron chi connectivity index (χ2n) is 5.58. The summed E-state index contributed by atoms with van der Waals surface area (Å²) in [6, 6.07) is 15.7. The van der Waals surface area contributed by atoms with Gasteiger partial charge in [0.2, 0.25) is 0 Å². The Labute approximate surface area is 146 Å². The largest absolute Gasteiger partial charge is 0.489 e. The Morgan fingerprint density at radius 1 is 1.00 bits per heavy atom. The summed E-state index contributed by atoms with van der Waals surface area (Å²) in [5.41, 5.74) is 3.07. The van der Waals surface area contributed by atoms with Crippen LogP contribution in [0.3, 0.4) is 0 Å². The number of rotatable bonds is 7. The molecule has 3 rings (SSSR count). The molecule has 5 heteroatoms. The molecule has 5 nitrogen and oxygen atoms in total. The number of hydrogen-bond donors (Lipinski definition) is 0. The molecule has 1 heterocycles. The minimum Gasteiger partial charge on any atom is -0.489 e. The lowest BCUT2D eigenvalue weighted by atomic mass is 10.1. The van der Waals surface area contributed by atoms with Gasteiger partial charge in [0.15, 0.2) is 0 Å². The molecule has 3 aromatic rings. The summed E-state index contributed by atoms with van der Waals surface area (Å²) in [5, 5.41) is 0. The second kappa shape index (κ2) is 8.15. The number of carbonyl (C=O) groups excluding carboxylic acids is 1. The summed E-state index contributed by atoms with van der Waals surface area (Å²) in [6.45, 7) is 2.58. The van der Waals surface area contributed by atoms with Crippen LogP contribution in [0.5, 0.6) is 5.75 Å². The van der Waals surface area contributed by atoms with Gasteiger partial charge in [0.25, 0.3) is 0 Å². The van der Waals surface area contributed by atoms with E-state index in [2.05, 4.69) is 4.98 Å². The first-order valence-corrected chi connectivity index (χ1v) is 8.19. The van der Waals surface area contributed by atoms with E-state index in [1.165, 1.54) is 0 Å². The SMILES string of the molecule is CCC(=O)OCc1ccc(COc2ccc(-n3ccnc3)cc2)cc1. The molecule has 0 saturated carbocycles. The van der Waals surface area contributed by atoms with Crippen LogP contribution in [-0.2, 0) is 22.7 Å². The van der Waals surface area contributed by atoms with Crippen LogP contribution in [0.2, 0.25) is 0 Å². The highest BCUT2D eigenvalue weighted by atomic mass is 16.5. The van der Waals surface area contributed by atoms with Crippen molar-refractivity contribution in [1.29, 1.82) is 0 Å². The smallest absolute Gasteiger partial charge is 0.305 e. The monoisotopic (exact) mass is 336 g/mol. The number of benzene rings is 2. The minimum atomic E-state index is -0.188. The topological polar surface area (TPSA) is 53.4 Å². The van der Waals surface area contributed by atoms with Gasteiger partial charge >= 0.3 is 5.97 Å². The first-order valence-electron chi connectivity index (χ1n) is 8.19. The van der Waals surface area contributed by atoms with Gasteiger partial charge in [-0.3, -0.25) is 4.79 Å². The molecule has 128 valence electrons. The molecule has 0 saturated heterocycles. The normalized spacial score (nSPS) is 10.4. The standard InChI is InChI=1S/C20H20N2O3/c1-2-20(23)25-14-17-5-3-16(4-6-17)13-24-19-9-7-18(8-10-19)22-12-11-21-15-22/h3-12,15H,2,13-14H2,1H3. The summed E-state index contributed by atoms with van der Waals surface area (Å²) in [4.78, 5) is 15.2. The van der Waals surface area contributed by atoms with Crippen LogP contribution in [-0.4, -0.2) is 15.5 Å².